The van der Waals surface area contributed by atoms with Gasteiger partial charge in [0.15, 0.2) is 0 Å². The number of nitrogens with zero attached hydrogens (tertiary/aromatic N) is 2. The maximum atomic E-state index is 14.0. The first-order valence-electron chi connectivity index (χ1n) is 6.64. The number of pyridine rings is 1. The summed E-state index contributed by atoms with van der Waals surface area (Å²) in [6.45, 7) is 3.99. The fourth-order valence-electron chi connectivity index (χ4n) is 2.69. The molecular formula is C15H16F2N2. The second kappa shape index (κ2) is 4.76. The maximum absolute atomic E-state index is 14.0. The van der Waals surface area contributed by atoms with Crippen LogP contribution in [0.3, 0.4) is 0 Å². The Morgan fingerprint density at radius 2 is 1.79 bits per heavy atom. The SMILES string of the molecule is CC1CCN(c2ccnc3c(F)ccc(F)c23)CC1. The summed E-state index contributed by atoms with van der Waals surface area (Å²) >= 11 is 0. The van der Waals surface area contributed by atoms with Crippen molar-refractivity contribution in [3.8, 4) is 0 Å². The van der Waals surface area contributed by atoms with E-state index in [-0.39, 0.29) is 5.52 Å². The Morgan fingerprint density at radius 3 is 2.53 bits per heavy atom. The Balaban J connectivity index is 2.11. The van der Waals surface area contributed by atoms with Crippen LogP contribution in [0.2, 0.25) is 0 Å². The molecule has 1 fully saturated rings. The van der Waals surface area contributed by atoms with E-state index in [0.717, 1.165) is 37.7 Å². The molecule has 100 valence electrons. The van der Waals surface area contributed by atoms with E-state index in [9.17, 15) is 8.78 Å². The van der Waals surface area contributed by atoms with E-state index in [1.807, 2.05) is 0 Å². The maximum Gasteiger partial charge on any atom is 0.149 e. The molecule has 4 heteroatoms. The van der Waals surface area contributed by atoms with Crippen molar-refractivity contribution in [3.63, 3.8) is 0 Å². The Hall–Kier alpha value is -1.71. The lowest BCUT2D eigenvalue weighted by Crippen LogP contribution is -2.33. The van der Waals surface area contributed by atoms with Crippen molar-refractivity contribution >= 4 is 16.6 Å². The molecule has 0 unspecified atom stereocenters. The van der Waals surface area contributed by atoms with Crippen LogP contribution in [0.4, 0.5) is 14.5 Å². The molecular weight excluding hydrogens is 246 g/mol. The van der Waals surface area contributed by atoms with Crippen molar-refractivity contribution in [2.45, 2.75) is 19.8 Å². The number of rotatable bonds is 1. The second-order valence-corrected chi connectivity index (χ2v) is 5.25. The van der Waals surface area contributed by atoms with Gasteiger partial charge in [-0.05, 0) is 37.0 Å². The molecule has 0 radical (unpaired) electrons. The van der Waals surface area contributed by atoms with Gasteiger partial charge in [0, 0.05) is 19.3 Å². The van der Waals surface area contributed by atoms with Crippen LogP contribution in [-0.4, -0.2) is 18.1 Å². The lowest BCUT2D eigenvalue weighted by Gasteiger charge is -2.32. The number of aromatic nitrogens is 1. The largest absolute Gasteiger partial charge is 0.371 e. The summed E-state index contributed by atoms with van der Waals surface area (Å²) in [5.74, 6) is -0.173. The van der Waals surface area contributed by atoms with Crippen LogP contribution in [0.1, 0.15) is 19.8 Å². The summed E-state index contributed by atoms with van der Waals surface area (Å²) < 4.78 is 27.8. The molecule has 0 atom stereocenters. The Bertz CT molecular complexity index is 604. The average Bonchev–Trinajstić information content (AvgIpc) is 2.43. The zero-order valence-corrected chi connectivity index (χ0v) is 10.9. The molecule has 0 aliphatic carbocycles. The Labute approximate surface area is 111 Å². The number of anilines is 1. The quantitative estimate of drug-likeness (QED) is 0.778. The Morgan fingerprint density at radius 1 is 1.11 bits per heavy atom. The molecule has 1 saturated heterocycles. The number of piperidine rings is 1. The molecule has 2 nitrogen and oxygen atoms in total. The lowest BCUT2D eigenvalue weighted by atomic mass is 9.98. The lowest BCUT2D eigenvalue weighted by molar-refractivity contribution is 0.439. The molecule has 0 spiro atoms. The summed E-state index contributed by atoms with van der Waals surface area (Å²) in [5, 5.41) is 0.303. The normalized spacial score (nSPS) is 17.1. The number of hydrogen-bond donors (Lipinski definition) is 0. The van der Waals surface area contributed by atoms with Gasteiger partial charge in [-0.3, -0.25) is 4.98 Å². The molecule has 3 rings (SSSR count). The molecule has 19 heavy (non-hydrogen) atoms. The number of halogens is 2. The van der Waals surface area contributed by atoms with Crippen molar-refractivity contribution < 1.29 is 8.78 Å². The van der Waals surface area contributed by atoms with E-state index in [1.165, 1.54) is 6.07 Å². The molecule has 1 aliphatic rings. The predicted molar refractivity (Wildman–Crippen MR) is 72.3 cm³/mol. The summed E-state index contributed by atoms with van der Waals surface area (Å²) in [6.07, 6.45) is 3.72. The van der Waals surface area contributed by atoms with E-state index in [2.05, 4.69) is 16.8 Å². The molecule has 0 saturated carbocycles. The minimum absolute atomic E-state index is 0.121. The highest BCUT2D eigenvalue weighted by Gasteiger charge is 2.20. The minimum atomic E-state index is -0.469. The molecule has 1 aromatic carbocycles. The second-order valence-electron chi connectivity index (χ2n) is 5.25. The smallest absolute Gasteiger partial charge is 0.149 e. The van der Waals surface area contributed by atoms with Crippen molar-refractivity contribution in [2.24, 2.45) is 5.92 Å². The monoisotopic (exact) mass is 262 g/mol. The van der Waals surface area contributed by atoms with Crippen LogP contribution in [0.15, 0.2) is 24.4 Å². The third-order valence-electron chi connectivity index (χ3n) is 3.89. The number of hydrogen-bond acceptors (Lipinski definition) is 2. The van der Waals surface area contributed by atoms with E-state index < -0.39 is 11.6 Å². The average molecular weight is 262 g/mol. The third-order valence-corrected chi connectivity index (χ3v) is 3.89. The minimum Gasteiger partial charge on any atom is -0.371 e. The summed E-state index contributed by atoms with van der Waals surface area (Å²) in [7, 11) is 0. The zero-order valence-electron chi connectivity index (χ0n) is 10.9. The summed E-state index contributed by atoms with van der Waals surface area (Å²) in [4.78, 5) is 6.10. The van der Waals surface area contributed by atoms with E-state index in [0.29, 0.717) is 11.3 Å². The Kier molecular flexibility index (Phi) is 3.09. The predicted octanol–water partition coefficient (Wildman–Crippen LogP) is 3.75. The molecule has 0 N–H and O–H groups in total. The highest BCUT2D eigenvalue weighted by molar-refractivity contribution is 5.92. The van der Waals surface area contributed by atoms with Gasteiger partial charge in [-0.15, -0.1) is 0 Å². The van der Waals surface area contributed by atoms with E-state index in [4.69, 9.17) is 0 Å². The fraction of sp³-hybridized carbons (Fsp3) is 0.400. The topological polar surface area (TPSA) is 16.1 Å². The molecule has 1 aromatic heterocycles. The zero-order chi connectivity index (χ0) is 13.4. The van der Waals surface area contributed by atoms with Gasteiger partial charge in [-0.1, -0.05) is 6.92 Å². The van der Waals surface area contributed by atoms with Crippen LogP contribution in [0.25, 0.3) is 10.9 Å². The van der Waals surface area contributed by atoms with Gasteiger partial charge in [-0.2, -0.15) is 0 Å². The highest BCUT2D eigenvalue weighted by atomic mass is 19.1. The van der Waals surface area contributed by atoms with Gasteiger partial charge in [0.05, 0.1) is 11.1 Å². The first-order chi connectivity index (χ1) is 9.16. The van der Waals surface area contributed by atoms with Gasteiger partial charge < -0.3 is 4.90 Å². The van der Waals surface area contributed by atoms with Crippen molar-refractivity contribution in [3.05, 3.63) is 36.0 Å². The number of benzene rings is 1. The third kappa shape index (κ3) is 2.15. The standard InChI is InChI=1S/C15H16F2N2/c1-10-5-8-19(9-6-10)13-4-7-18-15-12(17)3-2-11(16)14(13)15/h2-4,7,10H,5-6,8-9H2,1H3. The molecule has 1 aliphatic heterocycles. The highest BCUT2D eigenvalue weighted by Crippen LogP contribution is 2.31. The van der Waals surface area contributed by atoms with Crippen molar-refractivity contribution in [2.75, 3.05) is 18.0 Å². The van der Waals surface area contributed by atoms with Crippen molar-refractivity contribution in [1.82, 2.24) is 4.98 Å². The van der Waals surface area contributed by atoms with Gasteiger partial charge in [0.1, 0.15) is 17.2 Å². The van der Waals surface area contributed by atoms with Gasteiger partial charge in [-0.25, -0.2) is 8.78 Å². The fourth-order valence-corrected chi connectivity index (χ4v) is 2.69. The first kappa shape index (κ1) is 12.3. The van der Waals surface area contributed by atoms with E-state index in [1.54, 1.807) is 12.3 Å². The van der Waals surface area contributed by atoms with Crippen LogP contribution in [0.5, 0.6) is 0 Å². The summed E-state index contributed by atoms with van der Waals surface area (Å²) in [5.41, 5.74) is 0.880. The van der Waals surface area contributed by atoms with Crippen LogP contribution < -0.4 is 4.90 Å². The van der Waals surface area contributed by atoms with Gasteiger partial charge >= 0.3 is 0 Å². The van der Waals surface area contributed by atoms with Crippen molar-refractivity contribution in [1.29, 1.82) is 0 Å². The summed E-state index contributed by atoms with van der Waals surface area (Å²) in [6, 6.07) is 4.09. The molecule has 2 heterocycles. The van der Waals surface area contributed by atoms with Gasteiger partial charge in [0.2, 0.25) is 0 Å². The molecule has 2 aromatic rings. The van der Waals surface area contributed by atoms with Crippen LogP contribution in [-0.2, 0) is 0 Å². The van der Waals surface area contributed by atoms with Crippen LogP contribution in [0, 0.1) is 17.6 Å². The van der Waals surface area contributed by atoms with Crippen LogP contribution >= 0.6 is 0 Å². The van der Waals surface area contributed by atoms with E-state index >= 15 is 0 Å². The first-order valence-corrected chi connectivity index (χ1v) is 6.64. The molecule has 0 bridgehead atoms. The van der Waals surface area contributed by atoms with Gasteiger partial charge in [0.25, 0.3) is 0 Å². The number of fused-ring (bicyclic) bond motifs is 1. The molecule has 0 amide bonds.